The summed E-state index contributed by atoms with van der Waals surface area (Å²) < 4.78 is 18.0. The van der Waals surface area contributed by atoms with Crippen molar-refractivity contribution in [2.75, 3.05) is 0 Å². The first-order valence-electron chi connectivity index (χ1n) is 6.66. The highest BCUT2D eigenvalue weighted by molar-refractivity contribution is 5.75. The van der Waals surface area contributed by atoms with E-state index in [1.807, 2.05) is 0 Å². The predicted octanol–water partition coefficient (Wildman–Crippen LogP) is 3.95. The number of hydrogen-bond donors (Lipinski definition) is 0. The van der Waals surface area contributed by atoms with Gasteiger partial charge in [0.15, 0.2) is 0 Å². The van der Waals surface area contributed by atoms with Crippen LogP contribution < -0.4 is 4.74 Å². The molecule has 1 aliphatic rings. The van der Waals surface area contributed by atoms with Crippen LogP contribution in [0.1, 0.15) is 39.0 Å². The van der Waals surface area contributed by atoms with Crippen LogP contribution in [-0.2, 0) is 4.79 Å². The Balaban J connectivity index is 1.87. The van der Waals surface area contributed by atoms with E-state index in [0.29, 0.717) is 5.75 Å². The SMILES string of the molecule is CCC1CCC(C(=O)Oc2ccc(F)cc2)CC1. The van der Waals surface area contributed by atoms with Crippen molar-refractivity contribution in [3.05, 3.63) is 30.1 Å². The summed E-state index contributed by atoms with van der Waals surface area (Å²) >= 11 is 0. The lowest BCUT2D eigenvalue weighted by atomic mass is 9.81. The molecule has 1 aromatic carbocycles. The third kappa shape index (κ3) is 3.31. The Kier molecular flexibility index (Phi) is 4.34. The van der Waals surface area contributed by atoms with E-state index in [0.717, 1.165) is 31.6 Å². The summed E-state index contributed by atoms with van der Waals surface area (Å²) in [6.07, 6.45) is 5.25. The maximum atomic E-state index is 12.7. The van der Waals surface area contributed by atoms with Crippen LogP contribution in [0.2, 0.25) is 0 Å². The summed E-state index contributed by atoms with van der Waals surface area (Å²) in [5.41, 5.74) is 0. The summed E-state index contributed by atoms with van der Waals surface area (Å²) in [7, 11) is 0. The Bertz CT molecular complexity index is 391. The van der Waals surface area contributed by atoms with Crippen LogP contribution >= 0.6 is 0 Å². The number of benzene rings is 1. The van der Waals surface area contributed by atoms with Gasteiger partial charge in [0.2, 0.25) is 0 Å². The molecule has 0 saturated heterocycles. The van der Waals surface area contributed by atoms with Crippen LogP contribution in [-0.4, -0.2) is 5.97 Å². The second kappa shape index (κ2) is 5.98. The Morgan fingerprint density at radius 2 is 1.83 bits per heavy atom. The second-order valence-electron chi connectivity index (χ2n) is 5.00. The van der Waals surface area contributed by atoms with Gasteiger partial charge in [-0.25, -0.2) is 4.39 Å². The summed E-state index contributed by atoms with van der Waals surface area (Å²) in [4.78, 5) is 11.9. The molecule has 18 heavy (non-hydrogen) atoms. The molecule has 0 spiro atoms. The van der Waals surface area contributed by atoms with Crippen molar-refractivity contribution in [1.29, 1.82) is 0 Å². The molecule has 1 aromatic rings. The fourth-order valence-electron chi connectivity index (χ4n) is 2.51. The van der Waals surface area contributed by atoms with Crippen LogP contribution in [0.5, 0.6) is 5.75 Å². The summed E-state index contributed by atoms with van der Waals surface area (Å²) in [5, 5.41) is 0. The van der Waals surface area contributed by atoms with Gasteiger partial charge in [-0.05, 0) is 55.9 Å². The minimum Gasteiger partial charge on any atom is -0.426 e. The van der Waals surface area contributed by atoms with Gasteiger partial charge in [-0.1, -0.05) is 13.3 Å². The zero-order chi connectivity index (χ0) is 13.0. The van der Waals surface area contributed by atoms with Crippen LogP contribution in [0.15, 0.2) is 24.3 Å². The van der Waals surface area contributed by atoms with Gasteiger partial charge in [-0.2, -0.15) is 0 Å². The fourth-order valence-corrected chi connectivity index (χ4v) is 2.51. The van der Waals surface area contributed by atoms with Gasteiger partial charge in [0.05, 0.1) is 5.92 Å². The third-order valence-corrected chi connectivity index (χ3v) is 3.79. The van der Waals surface area contributed by atoms with E-state index < -0.39 is 0 Å². The van der Waals surface area contributed by atoms with Gasteiger partial charge < -0.3 is 4.74 Å². The van der Waals surface area contributed by atoms with Gasteiger partial charge in [0.25, 0.3) is 0 Å². The smallest absolute Gasteiger partial charge is 0.314 e. The van der Waals surface area contributed by atoms with Crippen molar-refractivity contribution >= 4 is 5.97 Å². The molecule has 0 unspecified atom stereocenters. The van der Waals surface area contributed by atoms with Crippen molar-refractivity contribution < 1.29 is 13.9 Å². The Morgan fingerprint density at radius 1 is 1.22 bits per heavy atom. The standard InChI is InChI=1S/C15H19FO2/c1-2-11-3-5-12(6-4-11)15(17)18-14-9-7-13(16)8-10-14/h7-12H,2-6H2,1H3. The normalized spacial score (nSPS) is 23.7. The Labute approximate surface area is 107 Å². The number of hydrogen-bond acceptors (Lipinski definition) is 2. The van der Waals surface area contributed by atoms with Crippen molar-refractivity contribution in [3.63, 3.8) is 0 Å². The predicted molar refractivity (Wildman–Crippen MR) is 67.8 cm³/mol. The van der Waals surface area contributed by atoms with E-state index in [1.54, 1.807) is 0 Å². The topological polar surface area (TPSA) is 26.3 Å². The molecule has 0 atom stereocenters. The van der Waals surface area contributed by atoms with Crippen molar-refractivity contribution in [2.24, 2.45) is 11.8 Å². The molecule has 0 radical (unpaired) electrons. The molecule has 98 valence electrons. The number of carbonyl (C=O) groups is 1. The van der Waals surface area contributed by atoms with Gasteiger partial charge in [-0.15, -0.1) is 0 Å². The average molecular weight is 250 g/mol. The van der Waals surface area contributed by atoms with Crippen molar-refractivity contribution in [2.45, 2.75) is 39.0 Å². The zero-order valence-corrected chi connectivity index (χ0v) is 10.7. The van der Waals surface area contributed by atoms with Gasteiger partial charge >= 0.3 is 5.97 Å². The van der Waals surface area contributed by atoms with Gasteiger partial charge in [0.1, 0.15) is 11.6 Å². The molecule has 0 aromatic heterocycles. The summed E-state index contributed by atoms with van der Waals surface area (Å²) in [5.74, 6) is 0.714. The number of halogens is 1. The molecule has 0 aliphatic heterocycles. The maximum Gasteiger partial charge on any atom is 0.314 e. The lowest BCUT2D eigenvalue weighted by Gasteiger charge is -2.26. The van der Waals surface area contributed by atoms with Crippen LogP contribution in [0.3, 0.4) is 0 Å². The van der Waals surface area contributed by atoms with E-state index in [4.69, 9.17) is 4.74 Å². The molecule has 2 rings (SSSR count). The quantitative estimate of drug-likeness (QED) is 0.600. The Morgan fingerprint density at radius 3 is 2.39 bits per heavy atom. The zero-order valence-electron chi connectivity index (χ0n) is 10.7. The van der Waals surface area contributed by atoms with Crippen molar-refractivity contribution in [1.82, 2.24) is 0 Å². The lowest BCUT2D eigenvalue weighted by Crippen LogP contribution is -2.25. The molecule has 1 aliphatic carbocycles. The van der Waals surface area contributed by atoms with Gasteiger partial charge in [0, 0.05) is 0 Å². The molecule has 0 amide bonds. The molecule has 1 fully saturated rings. The van der Waals surface area contributed by atoms with E-state index in [2.05, 4.69) is 6.92 Å². The molecule has 1 saturated carbocycles. The molecule has 0 N–H and O–H groups in total. The van der Waals surface area contributed by atoms with Crippen LogP contribution in [0.25, 0.3) is 0 Å². The van der Waals surface area contributed by atoms with E-state index in [-0.39, 0.29) is 17.7 Å². The average Bonchev–Trinajstić information content (AvgIpc) is 2.41. The summed E-state index contributed by atoms with van der Waals surface area (Å²) in [6.45, 7) is 2.20. The summed E-state index contributed by atoms with van der Waals surface area (Å²) in [6, 6.07) is 5.59. The Hall–Kier alpha value is -1.38. The second-order valence-corrected chi connectivity index (χ2v) is 5.00. The van der Waals surface area contributed by atoms with E-state index in [1.165, 1.54) is 30.7 Å². The first-order chi connectivity index (χ1) is 8.69. The first kappa shape index (κ1) is 13.1. The molecule has 3 heteroatoms. The van der Waals surface area contributed by atoms with E-state index in [9.17, 15) is 9.18 Å². The lowest BCUT2D eigenvalue weighted by molar-refractivity contribution is -0.140. The van der Waals surface area contributed by atoms with Gasteiger partial charge in [-0.3, -0.25) is 4.79 Å². The van der Waals surface area contributed by atoms with Crippen LogP contribution in [0.4, 0.5) is 4.39 Å². The van der Waals surface area contributed by atoms with Crippen molar-refractivity contribution in [3.8, 4) is 5.75 Å². The highest BCUT2D eigenvalue weighted by Crippen LogP contribution is 2.31. The molecule has 0 bridgehead atoms. The highest BCUT2D eigenvalue weighted by Gasteiger charge is 2.26. The van der Waals surface area contributed by atoms with E-state index >= 15 is 0 Å². The molecular weight excluding hydrogens is 231 g/mol. The fraction of sp³-hybridized carbons (Fsp3) is 0.533. The number of esters is 1. The molecule has 0 heterocycles. The minimum absolute atomic E-state index is 0.0119. The number of ether oxygens (including phenoxy) is 1. The third-order valence-electron chi connectivity index (χ3n) is 3.79. The largest absolute Gasteiger partial charge is 0.426 e. The first-order valence-corrected chi connectivity index (χ1v) is 6.66. The number of rotatable bonds is 3. The maximum absolute atomic E-state index is 12.7. The monoisotopic (exact) mass is 250 g/mol. The number of carbonyl (C=O) groups excluding carboxylic acids is 1. The highest BCUT2D eigenvalue weighted by atomic mass is 19.1. The molecule has 2 nitrogen and oxygen atoms in total. The minimum atomic E-state index is -0.321. The molecular formula is C15H19FO2. The van der Waals surface area contributed by atoms with Crippen LogP contribution in [0, 0.1) is 17.7 Å².